The van der Waals surface area contributed by atoms with Crippen LogP contribution in [0.25, 0.3) is 22.2 Å². The van der Waals surface area contributed by atoms with Crippen LogP contribution in [0.15, 0.2) is 82.0 Å². The highest BCUT2D eigenvalue weighted by molar-refractivity contribution is 6.01. The number of aromatic nitrogens is 2. The molecule has 1 fully saturated rings. The monoisotopic (exact) mass is 591 g/mol. The Labute approximate surface area is 258 Å². The lowest BCUT2D eigenvalue weighted by atomic mass is 9.77. The number of aromatic amines is 1. The number of carbonyl (C=O) groups excluding carboxylic acids is 2. The number of hydrogen-bond acceptors (Lipinski definition) is 7. The number of aliphatic imine (C=N–C) groups is 1. The summed E-state index contributed by atoms with van der Waals surface area (Å²) < 4.78 is 0. The maximum Gasteiger partial charge on any atom is 0.228 e. The van der Waals surface area contributed by atoms with Gasteiger partial charge in [0.1, 0.15) is 11.6 Å². The Kier molecular flexibility index (Phi) is 9.75. The molecule has 4 N–H and O–H groups in total. The maximum absolute atomic E-state index is 13.6. The molecule has 9 heteroatoms. The van der Waals surface area contributed by atoms with E-state index in [1.165, 1.54) is 0 Å². The number of amidine groups is 1. The van der Waals surface area contributed by atoms with Crippen LogP contribution in [0.1, 0.15) is 56.5 Å². The van der Waals surface area contributed by atoms with Crippen LogP contribution in [-0.4, -0.2) is 40.7 Å². The summed E-state index contributed by atoms with van der Waals surface area (Å²) in [5.74, 6) is 1.52. The molecule has 2 aliphatic rings. The molecular weight excluding hydrogens is 550 g/mol. The zero-order valence-corrected chi connectivity index (χ0v) is 24.4. The second-order valence-corrected chi connectivity index (χ2v) is 11.7. The predicted molar refractivity (Wildman–Crippen MR) is 176 cm³/mol. The third kappa shape index (κ3) is 7.17. The molecule has 2 heterocycles. The van der Waals surface area contributed by atoms with Gasteiger partial charge in [-0.2, -0.15) is 5.11 Å². The van der Waals surface area contributed by atoms with Gasteiger partial charge in [0.2, 0.25) is 5.91 Å². The van der Waals surface area contributed by atoms with Crippen molar-refractivity contribution in [1.29, 1.82) is 0 Å². The Balaban J connectivity index is 0.00000384. The third-order valence-corrected chi connectivity index (χ3v) is 8.68. The van der Waals surface area contributed by atoms with E-state index in [-0.39, 0.29) is 31.5 Å². The van der Waals surface area contributed by atoms with Crippen LogP contribution < -0.4 is 11.1 Å². The number of azo groups is 1. The van der Waals surface area contributed by atoms with Crippen LogP contribution >= 0.6 is 0 Å². The number of aryl methyl sites for hydroxylation is 1. The van der Waals surface area contributed by atoms with Gasteiger partial charge in [0, 0.05) is 29.5 Å². The minimum atomic E-state index is -0.484. The fourth-order valence-electron chi connectivity index (χ4n) is 6.15. The first kappa shape index (κ1) is 30.9. The van der Waals surface area contributed by atoms with E-state index in [4.69, 9.17) is 5.73 Å². The molecule has 1 aliphatic carbocycles. The number of hydrogen-bond donors (Lipinski definition) is 3. The van der Waals surface area contributed by atoms with E-state index in [1.54, 1.807) is 0 Å². The third-order valence-electron chi connectivity index (χ3n) is 8.68. The van der Waals surface area contributed by atoms with E-state index in [0.29, 0.717) is 37.1 Å². The molecule has 0 spiro atoms. The number of carbonyl (C=O) groups is 2. The first-order chi connectivity index (χ1) is 20.9. The Hall–Kier alpha value is -4.50. The zero-order chi connectivity index (χ0) is 29.8. The van der Waals surface area contributed by atoms with E-state index in [1.807, 2.05) is 37.3 Å². The standard InChI is InChI=1S/C34H37N7O2.CH4/c1-21-38-30-15-12-27(17-31(30)39-21)24-6-2-22(3-7-24)16-28(18-32(42)25-8-4-23(19-35)5-9-25)34(43)40-29-13-10-26(11-14-29)33-36-20-37-41-33;/h2-3,6-7,10-15,17,23,25,28H,4-5,8-9,16,18-20,35H2,1H3,(H,38,39)(H,40,43);1H4/t23?,25?,28-;/m1./s1. The van der Waals surface area contributed by atoms with Gasteiger partial charge in [-0.1, -0.05) is 37.8 Å². The SMILES string of the molecule is C.Cc1nc2ccc(-c3ccc(C[C@H](CC(=O)C4CCC(CN)CC4)C(=O)Nc4ccc(C5=NCN=N5)cc4)cc3)cc2[nH]1. The number of anilines is 1. The highest BCUT2D eigenvalue weighted by Crippen LogP contribution is 2.31. The van der Waals surface area contributed by atoms with Crippen molar-refractivity contribution in [3.8, 4) is 11.1 Å². The van der Waals surface area contributed by atoms with Crippen molar-refractivity contribution in [2.24, 2.45) is 38.7 Å². The van der Waals surface area contributed by atoms with Crippen molar-refractivity contribution in [3.63, 3.8) is 0 Å². The summed E-state index contributed by atoms with van der Waals surface area (Å²) in [6, 6.07) is 21.9. The number of benzene rings is 3. The van der Waals surface area contributed by atoms with E-state index < -0.39 is 5.92 Å². The highest BCUT2D eigenvalue weighted by Gasteiger charge is 2.30. The summed E-state index contributed by atoms with van der Waals surface area (Å²) in [6.45, 7) is 2.97. The fourth-order valence-corrected chi connectivity index (χ4v) is 6.15. The molecule has 4 aromatic rings. The van der Waals surface area contributed by atoms with Crippen molar-refractivity contribution in [3.05, 3.63) is 83.7 Å². The summed E-state index contributed by atoms with van der Waals surface area (Å²) in [7, 11) is 0. The average molecular weight is 592 g/mol. The number of ketones is 1. The number of fused-ring (bicyclic) bond motifs is 1. The predicted octanol–water partition coefficient (Wildman–Crippen LogP) is 6.87. The number of nitrogens with two attached hydrogens (primary N) is 1. The molecule has 0 unspecified atom stereocenters. The van der Waals surface area contributed by atoms with E-state index in [9.17, 15) is 9.59 Å². The number of nitrogens with zero attached hydrogens (tertiary/aromatic N) is 4. The Morgan fingerprint density at radius 1 is 0.955 bits per heavy atom. The van der Waals surface area contributed by atoms with Gasteiger partial charge >= 0.3 is 0 Å². The molecule has 228 valence electrons. The van der Waals surface area contributed by atoms with Gasteiger partial charge in [-0.05, 0) is 105 Å². The molecule has 3 aromatic carbocycles. The minimum Gasteiger partial charge on any atom is -0.342 e. The topological polar surface area (TPSA) is 138 Å². The number of Topliss-reactive ketones (excluding diaryl/α,β-unsaturated/α-hetero) is 1. The highest BCUT2D eigenvalue weighted by atomic mass is 16.2. The largest absolute Gasteiger partial charge is 0.342 e. The molecular formula is C35H41N7O2. The van der Waals surface area contributed by atoms with Crippen LogP contribution in [0.3, 0.4) is 0 Å². The molecule has 0 bridgehead atoms. The van der Waals surface area contributed by atoms with Crippen LogP contribution in [-0.2, 0) is 16.0 Å². The number of imidazole rings is 1. The summed E-state index contributed by atoms with van der Waals surface area (Å²) in [5.41, 5.74) is 12.5. The first-order valence-electron chi connectivity index (χ1n) is 15.1. The Bertz CT molecular complexity index is 1660. The lowest BCUT2D eigenvalue weighted by Crippen LogP contribution is -2.31. The molecule has 9 nitrogen and oxygen atoms in total. The van der Waals surface area contributed by atoms with Crippen molar-refractivity contribution in [1.82, 2.24) is 9.97 Å². The summed E-state index contributed by atoms with van der Waals surface area (Å²) >= 11 is 0. The number of nitrogens with one attached hydrogen (secondary N) is 2. The van der Waals surface area contributed by atoms with Crippen molar-refractivity contribution < 1.29 is 9.59 Å². The van der Waals surface area contributed by atoms with Gasteiger partial charge < -0.3 is 16.0 Å². The summed E-state index contributed by atoms with van der Waals surface area (Å²) in [6.07, 6.45) is 4.36. The van der Waals surface area contributed by atoms with Crippen molar-refractivity contribution in [2.75, 3.05) is 18.5 Å². The van der Waals surface area contributed by atoms with Gasteiger partial charge in [-0.3, -0.25) is 9.59 Å². The molecule has 1 atom stereocenters. The molecule has 1 aromatic heterocycles. The second kappa shape index (κ2) is 13.9. The number of H-pyrrole nitrogens is 1. The van der Waals surface area contributed by atoms with Gasteiger partial charge in [0.05, 0.1) is 11.0 Å². The number of amides is 1. The molecule has 6 rings (SSSR count). The summed E-state index contributed by atoms with van der Waals surface area (Å²) in [5, 5.41) is 11.0. The van der Waals surface area contributed by atoms with E-state index in [0.717, 1.165) is 64.8 Å². The molecule has 1 saturated carbocycles. The molecule has 0 saturated heterocycles. The summed E-state index contributed by atoms with van der Waals surface area (Å²) in [4.78, 5) is 39.1. The quantitative estimate of drug-likeness (QED) is 0.185. The van der Waals surface area contributed by atoms with Crippen LogP contribution in [0.2, 0.25) is 0 Å². The first-order valence-corrected chi connectivity index (χ1v) is 15.1. The number of rotatable bonds is 10. The smallest absolute Gasteiger partial charge is 0.228 e. The lowest BCUT2D eigenvalue weighted by Gasteiger charge is -2.27. The molecule has 0 radical (unpaired) electrons. The minimum absolute atomic E-state index is 0. The van der Waals surface area contributed by atoms with Crippen LogP contribution in [0.4, 0.5) is 5.69 Å². The van der Waals surface area contributed by atoms with Crippen LogP contribution in [0, 0.1) is 24.7 Å². The Morgan fingerprint density at radius 2 is 1.66 bits per heavy atom. The maximum atomic E-state index is 13.6. The zero-order valence-electron chi connectivity index (χ0n) is 24.4. The second-order valence-electron chi connectivity index (χ2n) is 11.7. The van der Waals surface area contributed by atoms with Crippen LogP contribution in [0.5, 0.6) is 0 Å². The lowest BCUT2D eigenvalue weighted by molar-refractivity contribution is -0.129. The van der Waals surface area contributed by atoms with Crippen molar-refractivity contribution >= 4 is 34.2 Å². The van der Waals surface area contributed by atoms with Gasteiger partial charge in [-0.15, -0.1) is 5.11 Å². The van der Waals surface area contributed by atoms with Gasteiger partial charge in [-0.25, -0.2) is 9.98 Å². The van der Waals surface area contributed by atoms with E-state index >= 15 is 0 Å². The Morgan fingerprint density at radius 3 is 2.34 bits per heavy atom. The van der Waals surface area contributed by atoms with E-state index in [2.05, 4.69) is 66.9 Å². The average Bonchev–Trinajstić information content (AvgIpc) is 3.70. The molecule has 44 heavy (non-hydrogen) atoms. The fraction of sp³-hybridized carbons (Fsp3) is 0.371. The van der Waals surface area contributed by atoms with Gasteiger partial charge in [0.25, 0.3) is 0 Å². The van der Waals surface area contributed by atoms with Gasteiger partial charge in [0.15, 0.2) is 12.5 Å². The normalized spacial score (nSPS) is 18.5. The molecule has 1 amide bonds. The molecule has 1 aliphatic heterocycles. The van der Waals surface area contributed by atoms with Crippen molar-refractivity contribution in [2.45, 2.75) is 52.9 Å².